The fraction of sp³-hybridized carbons (Fsp3) is 0.533. The van der Waals surface area contributed by atoms with Crippen molar-refractivity contribution in [3.05, 3.63) is 24.3 Å². The first-order valence-corrected chi connectivity index (χ1v) is 8.91. The number of amides is 1. The van der Waals surface area contributed by atoms with Crippen LogP contribution in [0, 0.1) is 0 Å². The summed E-state index contributed by atoms with van der Waals surface area (Å²) in [4.78, 5) is 14.5. The van der Waals surface area contributed by atoms with Gasteiger partial charge in [0.25, 0.3) is 0 Å². The molecule has 8 heteroatoms. The van der Waals surface area contributed by atoms with Crippen molar-refractivity contribution in [2.45, 2.75) is 17.9 Å². The van der Waals surface area contributed by atoms with E-state index in [-0.39, 0.29) is 16.8 Å². The quantitative estimate of drug-likeness (QED) is 0.848. The third kappa shape index (κ3) is 4.29. The van der Waals surface area contributed by atoms with Gasteiger partial charge in [-0.15, -0.1) is 0 Å². The Morgan fingerprint density at radius 2 is 1.96 bits per heavy atom. The monoisotopic (exact) mass is 341 g/mol. The fourth-order valence-electron chi connectivity index (χ4n) is 2.32. The lowest BCUT2D eigenvalue weighted by molar-refractivity contribution is -0.122. The summed E-state index contributed by atoms with van der Waals surface area (Å²) >= 11 is 0. The Morgan fingerprint density at radius 1 is 1.30 bits per heavy atom. The molecule has 1 amide bonds. The summed E-state index contributed by atoms with van der Waals surface area (Å²) in [7, 11) is -0.574. The second kappa shape index (κ2) is 7.39. The average molecular weight is 341 g/mol. The smallest absolute Gasteiger partial charge is 0.242 e. The molecular formula is C15H23N3O4S. The van der Waals surface area contributed by atoms with Crippen molar-refractivity contribution < 1.29 is 17.9 Å². The van der Waals surface area contributed by atoms with Gasteiger partial charge in [0.1, 0.15) is 0 Å². The molecule has 1 atom stereocenters. The van der Waals surface area contributed by atoms with Crippen LogP contribution in [0.25, 0.3) is 0 Å². The first-order valence-electron chi connectivity index (χ1n) is 7.47. The highest BCUT2D eigenvalue weighted by Gasteiger charge is 2.24. The molecule has 0 radical (unpaired) electrons. The zero-order chi connectivity index (χ0) is 17.0. The van der Waals surface area contributed by atoms with E-state index >= 15 is 0 Å². The molecule has 0 bridgehead atoms. The first-order chi connectivity index (χ1) is 10.8. The van der Waals surface area contributed by atoms with Crippen LogP contribution in [0.3, 0.4) is 0 Å². The molecule has 1 heterocycles. The van der Waals surface area contributed by atoms with Crippen LogP contribution in [0.4, 0.5) is 5.69 Å². The van der Waals surface area contributed by atoms with Gasteiger partial charge in [-0.1, -0.05) is 6.07 Å². The highest BCUT2D eigenvalue weighted by atomic mass is 32.2. The molecule has 0 aromatic heterocycles. The third-order valence-electron chi connectivity index (χ3n) is 3.85. The predicted molar refractivity (Wildman–Crippen MR) is 87.8 cm³/mol. The zero-order valence-electron chi connectivity index (χ0n) is 13.7. The van der Waals surface area contributed by atoms with Crippen molar-refractivity contribution in [2.24, 2.45) is 0 Å². The summed E-state index contributed by atoms with van der Waals surface area (Å²) < 4.78 is 30.7. The number of sulfonamides is 1. The number of carbonyl (C=O) groups is 1. The molecule has 128 valence electrons. The SMILES string of the molecule is C[C@H](C(=O)Nc1cccc(S(=O)(=O)N(C)C)c1)N1CCOCC1. The van der Waals surface area contributed by atoms with Crippen LogP contribution >= 0.6 is 0 Å². The van der Waals surface area contributed by atoms with Crippen LogP contribution in [0.1, 0.15) is 6.92 Å². The predicted octanol–water partition coefficient (Wildman–Crippen LogP) is 0.596. The van der Waals surface area contributed by atoms with Crippen molar-refractivity contribution in [2.75, 3.05) is 45.7 Å². The molecule has 2 rings (SSSR count). The summed E-state index contributed by atoms with van der Waals surface area (Å²) in [6.45, 7) is 4.50. The molecule has 0 saturated carbocycles. The molecular weight excluding hydrogens is 318 g/mol. The van der Waals surface area contributed by atoms with Crippen LogP contribution in [0.2, 0.25) is 0 Å². The highest BCUT2D eigenvalue weighted by molar-refractivity contribution is 7.89. The van der Waals surface area contributed by atoms with Gasteiger partial charge in [0, 0.05) is 32.9 Å². The van der Waals surface area contributed by atoms with Crippen molar-refractivity contribution >= 4 is 21.6 Å². The van der Waals surface area contributed by atoms with Crippen molar-refractivity contribution in [3.63, 3.8) is 0 Å². The van der Waals surface area contributed by atoms with Gasteiger partial charge < -0.3 is 10.1 Å². The van der Waals surface area contributed by atoms with E-state index in [4.69, 9.17) is 4.74 Å². The molecule has 23 heavy (non-hydrogen) atoms. The molecule has 0 spiro atoms. The van der Waals surface area contributed by atoms with E-state index in [9.17, 15) is 13.2 Å². The number of nitrogens with one attached hydrogen (secondary N) is 1. The van der Waals surface area contributed by atoms with Gasteiger partial charge in [0.15, 0.2) is 0 Å². The molecule has 1 saturated heterocycles. The van der Waals surface area contributed by atoms with E-state index in [0.717, 1.165) is 4.31 Å². The van der Waals surface area contributed by atoms with Crippen LogP contribution in [-0.2, 0) is 19.6 Å². The van der Waals surface area contributed by atoms with Crippen LogP contribution in [-0.4, -0.2) is 70.0 Å². The largest absolute Gasteiger partial charge is 0.379 e. The van der Waals surface area contributed by atoms with E-state index < -0.39 is 10.0 Å². The van der Waals surface area contributed by atoms with Gasteiger partial charge >= 0.3 is 0 Å². The number of hydrogen-bond acceptors (Lipinski definition) is 5. The van der Waals surface area contributed by atoms with E-state index in [1.807, 2.05) is 11.8 Å². The van der Waals surface area contributed by atoms with Gasteiger partial charge in [-0.2, -0.15) is 0 Å². The van der Waals surface area contributed by atoms with Gasteiger partial charge in [-0.05, 0) is 25.1 Å². The van der Waals surface area contributed by atoms with E-state index in [0.29, 0.717) is 32.0 Å². The molecule has 1 aromatic carbocycles. The molecule has 1 N–H and O–H groups in total. The van der Waals surface area contributed by atoms with Crippen molar-refractivity contribution in [3.8, 4) is 0 Å². The molecule has 7 nitrogen and oxygen atoms in total. The maximum absolute atomic E-state index is 12.4. The zero-order valence-corrected chi connectivity index (χ0v) is 14.5. The minimum atomic E-state index is -3.52. The van der Waals surface area contributed by atoms with Crippen LogP contribution < -0.4 is 5.32 Å². The normalized spacial score (nSPS) is 17.9. The van der Waals surface area contributed by atoms with E-state index in [1.54, 1.807) is 12.1 Å². The average Bonchev–Trinajstić information content (AvgIpc) is 2.55. The lowest BCUT2D eigenvalue weighted by Gasteiger charge is -2.31. The number of nitrogens with zero attached hydrogens (tertiary/aromatic N) is 2. The summed E-state index contributed by atoms with van der Waals surface area (Å²) in [6.07, 6.45) is 0. The van der Waals surface area contributed by atoms with Gasteiger partial charge in [-0.3, -0.25) is 9.69 Å². The minimum absolute atomic E-state index is 0.152. The van der Waals surface area contributed by atoms with Gasteiger partial charge in [0.2, 0.25) is 15.9 Å². The Hall–Kier alpha value is -1.48. The number of morpholine rings is 1. The number of hydrogen-bond donors (Lipinski definition) is 1. The standard InChI is InChI=1S/C15H23N3O4S/c1-12(18-7-9-22-10-8-18)15(19)16-13-5-4-6-14(11-13)23(20,21)17(2)3/h4-6,11-12H,7-10H2,1-3H3,(H,16,19)/t12-/m1/s1. The Kier molecular flexibility index (Phi) is 5.74. The van der Waals surface area contributed by atoms with Crippen molar-refractivity contribution in [1.29, 1.82) is 0 Å². The summed E-state index contributed by atoms with van der Waals surface area (Å²) in [5.41, 5.74) is 0.470. The number of carbonyl (C=O) groups excluding carboxylic acids is 1. The second-order valence-electron chi connectivity index (χ2n) is 5.63. The lowest BCUT2D eigenvalue weighted by atomic mass is 10.2. The van der Waals surface area contributed by atoms with E-state index in [2.05, 4.69) is 5.32 Å². The van der Waals surface area contributed by atoms with Gasteiger partial charge in [0.05, 0.1) is 24.2 Å². The molecule has 1 aliphatic rings. The van der Waals surface area contributed by atoms with Gasteiger partial charge in [-0.25, -0.2) is 12.7 Å². The fourth-order valence-corrected chi connectivity index (χ4v) is 3.27. The first kappa shape index (κ1) is 17.9. The Balaban J connectivity index is 2.09. The lowest BCUT2D eigenvalue weighted by Crippen LogP contribution is -2.47. The Bertz CT molecular complexity index is 654. The molecule has 1 fully saturated rings. The number of benzene rings is 1. The Morgan fingerprint density at radius 3 is 2.57 bits per heavy atom. The Labute approximate surface area is 137 Å². The summed E-state index contributed by atoms with van der Waals surface area (Å²) in [6, 6.07) is 5.98. The van der Waals surface area contributed by atoms with E-state index in [1.165, 1.54) is 26.2 Å². The third-order valence-corrected chi connectivity index (χ3v) is 5.66. The maximum Gasteiger partial charge on any atom is 0.242 e. The number of anilines is 1. The summed E-state index contributed by atoms with van der Waals surface area (Å²) in [5.74, 6) is -0.161. The topological polar surface area (TPSA) is 79.0 Å². The summed E-state index contributed by atoms with van der Waals surface area (Å²) in [5, 5.41) is 2.79. The molecule has 1 aromatic rings. The van der Waals surface area contributed by atoms with Crippen LogP contribution in [0.5, 0.6) is 0 Å². The maximum atomic E-state index is 12.4. The number of rotatable bonds is 5. The highest BCUT2D eigenvalue weighted by Crippen LogP contribution is 2.18. The minimum Gasteiger partial charge on any atom is -0.379 e. The molecule has 0 unspecified atom stereocenters. The van der Waals surface area contributed by atoms with Crippen LogP contribution in [0.15, 0.2) is 29.2 Å². The number of ether oxygens (including phenoxy) is 1. The van der Waals surface area contributed by atoms with Crippen molar-refractivity contribution in [1.82, 2.24) is 9.21 Å². The molecule has 1 aliphatic heterocycles. The second-order valence-corrected chi connectivity index (χ2v) is 7.78. The molecule has 0 aliphatic carbocycles.